The molecule has 1 aromatic carbocycles. The Morgan fingerprint density at radius 1 is 1.44 bits per heavy atom. The first-order valence-corrected chi connectivity index (χ1v) is 8.01. The van der Waals surface area contributed by atoms with Crippen LogP contribution in [0.1, 0.15) is 38.2 Å². The lowest BCUT2D eigenvalue weighted by atomic mass is 9.71. The number of anilines is 1. The van der Waals surface area contributed by atoms with Crippen molar-refractivity contribution < 1.29 is 23.5 Å². The number of fused-ring (bicyclic) bond motifs is 1. The summed E-state index contributed by atoms with van der Waals surface area (Å²) < 4.78 is 28.6. The lowest BCUT2D eigenvalue weighted by Crippen LogP contribution is -2.40. The van der Waals surface area contributed by atoms with E-state index in [9.17, 15) is 23.5 Å². The smallest absolute Gasteiger partial charge is 0.303 e. The van der Waals surface area contributed by atoms with Crippen LogP contribution < -0.4 is 5.32 Å². The SMILES string of the molecule is C=CCC1(CC(=O)O)CCC(=O)C(=C)c2c(F)ccc(F)c2NC1C. The summed E-state index contributed by atoms with van der Waals surface area (Å²) in [6, 6.07) is 1.39. The van der Waals surface area contributed by atoms with Gasteiger partial charge in [-0.25, -0.2) is 8.78 Å². The number of carbonyl (C=O) groups is 2. The number of aliphatic carboxylic acids is 1. The number of carboxylic acid groups (broad SMARTS) is 1. The van der Waals surface area contributed by atoms with Crippen molar-refractivity contribution >= 4 is 23.0 Å². The van der Waals surface area contributed by atoms with Crippen LogP contribution in [-0.2, 0) is 9.59 Å². The molecule has 6 heteroatoms. The van der Waals surface area contributed by atoms with Gasteiger partial charge in [-0.2, -0.15) is 0 Å². The van der Waals surface area contributed by atoms with Gasteiger partial charge in [-0.3, -0.25) is 9.59 Å². The Kier molecular flexibility index (Phi) is 5.40. The molecule has 1 aromatic rings. The van der Waals surface area contributed by atoms with Crippen molar-refractivity contribution in [3.63, 3.8) is 0 Å². The van der Waals surface area contributed by atoms with Crippen LogP contribution in [0.25, 0.3) is 5.57 Å². The van der Waals surface area contributed by atoms with E-state index in [1.165, 1.54) is 0 Å². The highest BCUT2D eigenvalue weighted by Crippen LogP contribution is 2.42. The van der Waals surface area contributed by atoms with Gasteiger partial charge in [-0.05, 0) is 31.9 Å². The monoisotopic (exact) mass is 349 g/mol. The Bertz CT molecular complexity index is 744. The van der Waals surface area contributed by atoms with Gasteiger partial charge in [0.15, 0.2) is 5.78 Å². The Hall–Kier alpha value is -2.50. The molecule has 2 unspecified atom stereocenters. The molecule has 2 N–H and O–H groups in total. The number of carbonyl (C=O) groups excluding carboxylic acids is 1. The molecule has 1 aliphatic heterocycles. The van der Waals surface area contributed by atoms with E-state index in [-0.39, 0.29) is 36.1 Å². The summed E-state index contributed by atoms with van der Waals surface area (Å²) >= 11 is 0. The second-order valence-electron chi connectivity index (χ2n) is 6.47. The highest BCUT2D eigenvalue weighted by atomic mass is 19.1. The molecule has 2 atom stereocenters. The Morgan fingerprint density at radius 3 is 2.68 bits per heavy atom. The van der Waals surface area contributed by atoms with Crippen LogP contribution in [0, 0.1) is 17.0 Å². The predicted octanol–water partition coefficient (Wildman–Crippen LogP) is 4.18. The fourth-order valence-electron chi connectivity index (χ4n) is 3.41. The molecule has 0 saturated heterocycles. The first-order valence-electron chi connectivity index (χ1n) is 8.01. The zero-order valence-corrected chi connectivity index (χ0v) is 14.1. The molecule has 0 saturated carbocycles. The van der Waals surface area contributed by atoms with E-state index in [0.29, 0.717) is 6.42 Å². The molecule has 0 radical (unpaired) electrons. The summed E-state index contributed by atoms with van der Waals surface area (Å²) in [4.78, 5) is 23.8. The molecule has 4 nitrogen and oxygen atoms in total. The van der Waals surface area contributed by atoms with Gasteiger partial charge >= 0.3 is 5.97 Å². The van der Waals surface area contributed by atoms with Crippen molar-refractivity contribution in [1.29, 1.82) is 0 Å². The topological polar surface area (TPSA) is 66.4 Å². The minimum absolute atomic E-state index is 0.00136. The van der Waals surface area contributed by atoms with E-state index in [4.69, 9.17) is 0 Å². The van der Waals surface area contributed by atoms with Crippen molar-refractivity contribution in [3.8, 4) is 0 Å². The zero-order chi connectivity index (χ0) is 18.8. The molecular formula is C19H21F2NO3. The van der Waals surface area contributed by atoms with Crippen LogP contribution in [0.5, 0.6) is 0 Å². The van der Waals surface area contributed by atoms with E-state index >= 15 is 0 Å². The highest BCUT2D eigenvalue weighted by molar-refractivity contribution is 6.21. The summed E-state index contributed by atoms with van der Waals surface area (Å²) in [6.45, 7) is 9.01. The lowest BCUT2D eigenvalue weighted by Gasteiger charge is -2.38. The standard InChI is InChI=1S/C19H21F2NO3/c1-4-8-19(10-16(24)25)9-7-15(23)11(2)17-13(20)5-6-14(21)18(17)22-12(19)3/h4-6,12,22H,1-2,7-10H2,3H3,(H,24,25). The summed E-state index contributed by atoms with van der Waals surface area (Å²) in [5.74, 6) is -2.92. The number of ketones is 1. The fourth-order valence-corrected chi connectivity index (χ4v) is 3.41. The molecule has 2 rings (SSSR count). The van der Waals surface area contributed by atoms with Crippen LogP contribution in [0.4, 0.5) is 14.5 Å². The molecule has 0 amide bonds. The minimum Gasteiger partial charge on any atom is -0.481 e. The molecule has 25 heavy (non-hydrogen) atoms. The van der Waals surface area contributed by atoms with Crippen molar-refractivity contribution in [2.75, 3.05) is 5.32 Å². The molecule has 0 fully saturated rings. The summed E-state index contributed by atoms with van der Waals surface area (Å²) in [5, 5.41) is 12.2. The Balaban J connectivity index is 2.63. The average molecular weight is 349 g/mol. The maximum Gasteiger partial charge on any atom is 0.303 e. The van der Waals surface area contributed by atoms with Crippen LogP contribution in [0.15, 0.2) is 31.4 Å². The van der Waals surface area contributed by atoms with Gasteiger partial charge in [-0.1, -0.05) is 12.7 Å². The first-order chi connectivity index (χ1) is 11.7. The van der Waals surface area contributed by atoms with Gasteiger partial charge in [-0.15, -0.1) is 6.58 Å². The number of hydrogen-bond acceptors (Lipinski definition) is 3. The number of hydrogen-bond donors (Lipinski definition) is 2. The number of carboxylic acids is 1. The average Bonchev–Trinajstić information content (AvgIpc) is 2.57. The molecule has 1 heterocycles. The number of nitrogens with one attached hydrogen (secondary N) is 1. The summed E-state index contributed by atoms with van der Waals surface area (Å²) in [7, 11) is 0. The largest absolute Gasteiger partial charge is 0.481 e. The number of benzene rings is 1. The second kappa shape index (κ2) is 7.17. The maximum atomic E-state index is 14.4. The molecule has 1 aliphatic rings. The predicted molar refractivity (Wildman–Crippen MR) is 92.2 cm³/mol. The number of allylic oxidation sites excluding steroid dienone is 2. The quantitative estimate of drug-likeness (QED) is 0.632. The molecule has 0 aliphatic carbocycles. The van der Waals surface area contributed by atoms with Crippen LogP contribution in [0.3, 0.4) is 0 Å². The first kappa shape index (κ1) is 18.8. The van der Waals surface area contributed by atoms with E-state index in [1.54, 1.807) is 13.0 Å². The van der Waals surface area contributed by atoms with E-state index in [2.05, 4.69) is 18.5 Å². The number of rotatable bonds is 4. The second-order valence-corrected chi connectivity index (χ2v) is 6.47. The molecular weight excluding hydrogens is 328 g/mol. The van der Waals surface area contributed by atoms with Crippen LogP contribution >= 0.6 is 0 Å². The Labute approximate surface area is 145 Å². The van der Waals surface area contributed by atoms with Gasteiger partial charge < -0.3 is 10.4 Å². The summed E-state index contributed by atoms with van der Waals surface area (Å²) in [6.07, 6.45) is 1.93. The third-order valence-corrected chi connectivity index (χ3v) is 4.93. The third-order valence-electron chi connectivity index (χ3n) is 4.93. The van der Waals surface area contributed by atoms with E-state index < -0.39 is 34.8 Å². The van der Waals surface area contributed by atoms with Gasteiger partial charge in [0.25, 0.3) is 0 Å². The highest BCUT2D eigenvalue weighted by Gasteiger charge is 2.40. The van der Waals surface area contributed by atoms with Crippen LogP contribution in [-0.4, -0.2) is 22.9 Å². The normalized spacial score (nSPS) is 23.7. The molecule has 0 bridgehead atoms. The van der Waals surface area contributed by atoms with E-state index in [0.717, 1.165) is 12.1 Å². The van der Waals surface area contributed by atoms with Gasteiger partial charge in [0.2, 0.25) is 0 Å². The lowest BCUT2D eigenvalue weighted by molar-refractivity contribution is -0.140. The number of halogens is 2. The van der Waals surface area contributed by atoms with E-state index in [1.807, 2.05) is 0 Å². The maximum absolute atomic E-state index is 14.4. The van der Waals surface area contributed by atoms with Crippen molar-refractivity contribution in [1.82, 2.24) is 0 Å². The fraction of sp³-hybridized carbons (Fsp3) is 0.368. The van der Waals surface area contributed by atoms with Crippen molar-refractivity contribution in [2.24, 2.45) is 5.41 Å². The number of Topliss-reactive ketones (excluding diaryl/α,β-unsaturated/α-hetero) is 1. The van der Waals surface area contributed by atoms with Gasteiger partial charge in [0.1, 0.15) is 11.6 Å². The summed E-state index contributed by atoms with van der Waals surface area (Å²) in [5.41, 5.74) is -1.33. The van der Waals surface area contributed by atoms with Crippen molar-refractivity contribution in [3.05, 3.63) is 48.6 Å². The molecule has 0 spiro atoms. The van der Waals surface area contributed by atoms with Crippen molar-refractivity contribution in [2.45, 2.75) is 38.6 Å². The van der Waals surface area contributed by atoms with Gasteiger partial charge in [0, 0.05) is 29.0 Å². The minimum atomic E-state index is -1.03. The van der Waals surface area contributed by atoms with Gasteiger partial charge in [0.05, 0.1) is 12.1 Å². The van der Waals surface area contributed by atoms with Crippen LogP contribution in [0.2, 0.25) is 0 Å². The third kappa shape index (κ3) is 3.62. The molecule has 134 valence electrons. The Morgan fingerprint density at radius 2 is 2.08 bits per heavy atom. The zero-order valence-electron chi connectivity index (χ0n) is 14.1. The molecule has 0 aromatic heterocycles.